The summed E-state index contributed by atoms with van der Waals surface area (Å²) < 4.78 is 0. The van der Waals surface area contributed by atoms with E-state index in [4.69, 9.17) is 15.3 Å². The average molecular weight is 257 g/mol. The van der Waals surface area contributed by atoms with Gasteiger partial charge in [0.25, 0.3) is 5.69 Å². The minimum Gasteiger partial charge on any atom is -0.479 e. The van der Waals surface area contributed by atoms with E-state index in [1.807, 2.05) is 0 Å². The van der Waals surface area contributed by atoms with E-state index in [0.29, 0.717) is 0 Å². The number of carbonyl (C=O) groups is 1. The molecule has 0 spiro atoms. The Morgan fingerprint density at radius 3 is 2.44 bits per heavy atom. The van der Waals surface area contributed by atoms with Gasteiger partial charge >= 0.3 is 5.97 Å². The summed E-state index contributed by atoms with van der Waals surface area (Å²) in [5.41, 5.74) is -0.452. The van der Waals surface area contributed by atoms with Gasteiger partial charge in [0.05, 0.1) is 17.1 Å². The summed E-state index contributed by atoms with van der Waals surface area (Å²) in [6.45, 7) is -0.639. The summed E-state index contributed by atoms with van der Waals surface area (Å²) in [7, 11) is 0. The molecule has 18 heavy (non-hydrogen) atoms. The van der Waals surface area contributed by atoms with E-state index in [1.165, 1.54) is 0 Å². The van der Waals surface area contributed by atoms with Crippen LogP contribution in [0.1, 0.15) is 17.2 Å². The van der Waals surface area contributed by atoms with Crippen LogP contribution in [0.3, 0.4) is 0 Å². The number of carboxylic acids is 1. The van der Waals surface area contributed by atoms with Crippen molar-refractivity contribution in [3.8, 4) is 0 Å². The SMILES string of the molecule is O=C(O)C(O)C(O)c1ccc([N+](=O)[O-])c(CO)c1. The Labute approximate surface area is 101 Å². The molecule has 0 bridgehead atoms. The van der Waals surface area contributed by atoms with E-state index in [9.17, 15) is 20.0 Å². The third-order valence-corrected chi connectivity index (χ3v) is 2.36. The van der Waals surface area contributed by atoms with Gasteiger partial charge < -0.3 is 20.4 Å². The van der Waals surface area contributed by atoms with Crippen molar-refractivity contribution in [1.82, 2.24) is 0 Å². The molecule has 0 aliphatic heterocycles. The van der Waals surface area contributed by atoms with Gasteiger partial charge in [0.2, 0.25) is 0 Å². The zero-order valence-corrected chi connectivity index (χ0v) is 9.05. The molecule has 0 aromatic heterocycles. The maximum atomic E-state index is 10.6. The van der Waals surface area contributed by atoms with Crippen LogP contribution in [-0.4, -0.2) is 37.4 Å². The van der Waals surface area contributed by atoms with E-state index < -0.39 is 29.7 Å². The van der Waals surface area contributed by atoms with Crippen LogP contribution in [0, 0.1) is 10.1 Å². The molecule has 0 fully saturated rings. The van der Waals surface area contributed by atoms with Gasteiger partial charge in [-0.15, -0.1) is 0 Å². The van der Waals surface area contributed by atoms with Gasteiger partial charge in [-0.3, -0.25) is 10.1 Å². The lowest BCUT2D eigenvalue weighted by atomic mass is 10.0. The number of nitro groups is 1. The average Bonchev–Trinajstić information content (AvgIpc) is 2.35. The monoisotopic (exact) mass is 257 g/mol. The Morgan fingerprint density at radius 2 is 2.00 bits per heavy atom. The maximum absolute atomic E-state index is 10.6. The lowest BCUT2D eigenvalue weighted by Gasteiger charge is -2.14. The molecular formula is C10H11NO7. The van der Waals surface area contributed by atoms with Gasteiger partial charge in [-0.1, -0.05) is 0 Å². The Hall–Kier alpha value is -2.03. The van der Waals surface area contributed by atoms with Crippen molar-refractivity contribution in [3.05, 3.63) is 39.4 Å². The number of nitro benzene ring substituents is 1. The fourth-order valence-electron chi connectivity index (χ4n) is 1.41. The quantitative estimate of drug-likeness (QED) is 0.414. The van der Waals surface area contributed by atoms with Crippen LogP contribution in [-0.2, 0) is 11.4 Å². The van der Waals surface area contributed by atoms with Crippen LogP contribution in [0.15, 0.2) is 18.2 Å². The van der Waals surface area contributed by atoms with Crippen molar-refractivity contribution in [1.29, 1.82) is 0 Å². The molecule has 0 aliphatic carbocycles. The van der Waals surface area contributed by atoms with Crippen molar-refractivity contribution in [2.24, 2.45) is 0 Å². The summed E-state index contributed by atoms with van der Waals surface area (Å²) in [5.74, 6) is -1.62. The van der Waals surface area contributed by atoms with Crippen LogP contribution in [0.5, 0.6) is 0 Å². The van der Waals surface area contributed by atoms with Crippen molar-refractivity contribution in [3.63, 3.8) is 0 Å². The molecule has 0 heterocycles. The minimum absolute atomic E-state index is 0.0282. The predicted octanol–water partition coefficient (Wildman–Crippen LogP) is -0.434. The number of nitrogens with zero attached hydrogens (tertiary/aromatic N) is 1. The van der Waals surface area contributed by atoms with Crippen LogP contribution in [0.2, 0.25) is 0 Å². The Kier molecular flexibility index (Phi) is 4.32. The lowest BCUT2D eigenvalue weighted by Crippen LogP contribution is -2.27. The van der Waals surface area contributed by atoms with Crippen LogP contribution >= 0.6 is 0 Å². The number of benzene rings is 1. The fraction of sp³-hybridized carbons (Fsp3) is 0.300. The zero-order valence-electron chi connectivity index (χ0n) is 9.05. The molecule has 8 nitrogen and oxygen atoms in total. The summed E-state index contributed by atoms with van der Waals surface area (Å²) in [4.78, 5) is 20.4. The molecule has 0 saturated carbocycles. The molecule has 0 aliphatic rings. The third kappa shape index (κ3) is 2.80. The van der Waals surface area contributed by atoms with Crippen molar-refractivity contribution in [2.75, 3.05) is 0 Å². The number of aliphatic hydroxyl groups excluding tert-OH is 3. The second-order valence-corrected chi connectivity index (χ2v) is 3.53. The van der Waals surface area contributed by atoms with Crippen molar-refractivity contribution >= 4 is 11.7 Å². The first-order chi connectivity index (χ1) is 8.38. The van der Waals surface area contributed by atoms with Gasteiger partial charge in [0.15, 0.2) is 6.10 Å². The third-order valence-electron chi connectivity index (χ3n) is 2.36. The Bertz CT molecular complexity index is 473. The molecule has 2 unspecified atom stereocenters. The maximum Gasteiger partial charge on any atom is 0.335 e. The van der Waals surface area contributed by atoms with Gasteiger partial charge in [0, 0.05) is 6.07 Å². The minimum atomic E-state index is -2.04. The first-order valence-corrected chi connectivity index (χ1v) is 4.85. The number of aliphatic carboxylic acids is 1. The topological polar surface area (TPSA) is 141 Å². The standard InChI is InChI=1S/C10H11NO7/c12-4-6-3-5(1-2-7(6)11(17)18)8(13)9(14)10(15)16/h1-3,8-9,12-14H,4H2,(H,15,16). The Morgan fingerprint density at radius 1 is 1.39 bits per heavy atom. The summed E-state index contributed by atoms with van der Waals surface area (Å²) in [6.07, 6.45) is -3.77. The number of aliphatic hydroxyl groups is 3. The number of carboxylic acid groups (broad SMARTS) is 1. The smallest absolute Gasteiger partial charge is 0.335 e. The predicted molar refractivity (Wildman–Crippen MR) is 57.6 cm³/mol. The van der Waals surface area contributed by atoms with E-state index >= 15 is 0 Å². The molecule has 1 aromatic carbocycles. The molecular weight excluding hydrogens is 246 g/mol. The van der Waals surface area contributed by atoms with Crippen molar-refractivity contribution in [2.45, 2.75) is 18.8 Å². The van der Waals surface area contributed by atoms with Gasteiger partial charge in [0.1, 0.15) is 6.10 Å². The molecule has 4 N–H and O–H groups in total. The Balaban J connectivity index is 3.13. The molecule has 0 amide bonds. The number of hydrogen-bond acceptors (Lipinski definition) is 6. The van der Waals surface area contributed by atoms with E-state index in [2.05, 4.69) is 0 Å². The summed E-state index contributed by atoms with van der Waals surface area (Å²) in [5, 5.41) is 46.7. The highest BCUT2D eigenvalue weighted by atomic mass is 16.6. The second kappa shape index (κ2) is 5.54. The molecule has 0 radical (unpaired) electrons. The first-order valence-electron chi connectivity index (χ1n) is 4.85. The molecule has 98 valence electrons. The zero-order chi connectivity index (χ0) is 13.9. The molecule has 1 aromatic rings. The highest BCUT2D eigenvalue weighted by Gasteiger charge is 2.26. The molecule has 8 heteroatoms. The molecule has 1 rings (SSSR count). The largest absolute Gasteiger partial charge is 0.479 e. The number of rotatable bonds is 5. The van der Waals surface area contributed by atoms with Gasteiger partial charge in [-0.25, -0.2) is 4.79 Å². The van der Waals surface area contributed by atoms with Crippen molar-refractivity contribution < 1.29 is 30.1 Å². The number of hydrogen-bond donors (Lipinski definition) is 4. The van der Waals surface area contributed by atoms with Crippen LogP contribution in [0.25, 0.3) is 0 Å². The van der Waals surface area contributed by atoms with Crippen LogP contribution in [0.4, 0.5) is 5.69 Å². The summed E-state index contributed by atoms with van der Waals surface area (Å²) >= 11 is 0. The summed E-state index contributed by atoms with van der Waals surface area (Å²) in [6, 6.07) is 3.22. The molecule has 0 saturated heterocycles. The van der Waals surface area contributed by atoms with E-state index in [1.54, 1.807) is 0 Å². The highest BCUT2D eigenvalue weighted by molar-refractivity contribution is 5.73. The second-order valence-electron chi connectivity index (χ2n) is 3.53. The molecule has 2 atom stereocenters. The van der Waals surface area contributed by atoms with E-state index in [-0.39, 0.29) is 16.8 Å². The van der Waals surface area contributed by atoms with Crippen LogP contribution < -0.4 is 0 Å². The first kappa shape index (κ1) is 14.0. The highest BCUT2D eigenvalue weighted by Crippen LogP contribution is 2.25. The fourth-order valence-corrected chi connectivity index (χ4v) is 1.41. The van der Waals surface area contributed by atoms with Gasteiger partial charge in [-0.2, -0.15) is 0 Å². The normalized spacial score (nSPS) is 13.9. The van der Waals surface area contributed by atoms with E-state index in [0.717, 1.165) is 18.2 Å². The lowest BCUT2D eigenvalue weighted by molar-refractivity contribution is -0.385. The van der Waals surface area contributed by atoms with Gasteiger partial charge in [-0.05, 0) is 17.7 Å².